The Balaban J connectivity index is 2.04. The van der Waals surface area contributed by atoms with Gasteiger partial charge < -0.3 is 4.74 Å². The SMILES string of the molecule is CC(C)(C)CO[C@H]1CCN1. The third-order valence-electron chi connectivity index (χ3n) is 1.50. The van der Waals surface area contributed by atoms with Crippen LogP contribution in [0.5, 0.6) is 0 Å². The van der Waals surface area contributed by atoms with E-state index in [0.717, 1.165) is 13.2 Å². The van der Waals surface area contributed by atoms with Crippen LogP contribution in [-0.4, -0.2) is 19.4 Å². The lowest BCUT2D eigenvalue weighted by Gasteiger charge is -2.30. The van der Waals surface area contributed by atoms with E-state index in [1.165, 1.54) is 6.42 Å². The molecular weight excluding hydrogens is 126 g/mol. The van der Waals surface area contributed by atoms with Crippen LogP contribution in [0.25, 0.3) is 0 Å². The largest absolute Gasteiger partial charge is 0.363 e. The molecule has 1 aliphatic heterocycles. The maximum Gasteiger partial charge on any atom is 0.109 e. The van der Waals surface area contributed by atoms with Gasteiger partial charge in [-0.05, 0) is 11.8 Å². The molecule has 1 saturated heterocycles. The second-order valence-corrected chi connectivity index (χ2v) is 4.10. The smallest absolute Gasteiger partial charge is 0.109 e. The number of hydrogen-bond acceptors (Lipinski definition) is 2. The van der Waals surface area contributed by atoms with E-state index in [1.54, 1.807) is 0 Å². The highest BCUT2D eigenvalue weighted by molar-refractivity contribution is 4.69. The van der Waals surface area contributed by atoms with Gasteiger partial charge >= 0.3 is 0 Å². The maximum atomic E-state index is 5.53. The first-order chi connectivity index (χ1) is 4.58. The maximum absolute atomic E-state index is 5.53. The summed E-state index contributed by atoms with van der Waals surface area (Å²) in [6, 6.07) is 0. The molecule has 2 heteroatoms. The summed E-state index contributed by atoms with van der Waals surface area (Å²) in [6.45, 7) is 8.53. The van der Waals surface area contributed by atoms with Crippen LogP contribution < -0.4 is 5.32 Å². The summed E-state index contributed by atoms with van der Waals surface area (Å²) in [5.41, 5.74) is 0.303. The molecule has 1 N–H and O–H groups in total. The minimum atomic E-state index is 0.303. The molecule has 1 fully saturated rings. The van der Waals surface area contributed by atoms with Crippen molar-refractivity contribution < 1.29 is 4.74 Å². The number of hydrogen-bond donors (Lipinski definition) is 1. The lowest BCUT2D eigenvalue weighted by atomic mass is 9.98. The molecule has 1 atom stereocenters. The van der Waals surface area contributed by atoms with E-state index in [-0.39, 0.29) is 0 Å². The van der Waals surface area contributed by atoms with Crippen molar-refractivity contribution in [2.75, 3.05) is 13.2 Å². The minimum Gasteiger partial charge on any atom is -0.363 e. The normalized spacial score (nSPS) is 26.1. The summed E-state index contributed by atoms with van der Waals surface area (Å²) in [5.74, 6) is 0. The summed E-state index contributed by atoms with van der Waals surface area (Å²) in [4.78, 5) is 0. The molecule has 0 amide bonds. The average molecular weight is 143 g/mol. The Bertz CT molecular complexity index is 102. The van der Waals surface area contributed by atoms with Crippen LogP contribution in [-0.2, 0) is 4.74 Å². The fourth-order valence-electron chi connectivity index (χ4n) is 0.755. The highest BCUT2D eigenvalue weighted by Gasteiger charge is 2.19. The van der Waals surface area contributed by atoms with Gasteiger partial charge in [-0.15, -0.1) is 0 Å². The second kappa shape index (κ2) is 2.89. The molecule has 0 aliphatic carbocycles. The van der Waals surface area contributed by atoms with Gasteiger partial charge in [-0.1, -0.05) is 20.8 Å². The Morgan fingerprint density at radius 1 is 1.50 bits per heavy atom. The van der Waals surface area contributed by atoms with Crippen molar-refractivity contribution in [2.24, 2.45) is 5.41 Å². The molecule has 1 heterocycles. The van der Waals surface area contributed by atoms with Crippen molar-refractivity contribution in [3.63, 3.8) is 0 Å². The third-order valence-corrected chi connectivity index (χ3v) is 1.50. The Morgan fingerprint density at radius 2 is 2.10 bits per heavy atom. The lowest BCUT2D eigenvalue weighted by Crippen LogP contribution is -2.45. The third kappa shape index (κ3) is 2.67. The molecule has 0 bridgehead atoms. The first kappa shape index (κ1) is 8.02. The van der Waals surface area contributed by atoms with E-state index in [2.05, 4.69) is 26.1 Å². The zero-order chi connectivity index (χ0) is 7.61. The van der Waals surface area contributed by atoms with Gasteiger partial charge in [0.2, 0.25) is 0 Å². The van der Waals surface area contributed by atoms with E-state index < -0.39 is 0 Å². The molecule has 0 unspecified atom stereocenters. The monoisotopic (exact) mass is 143 g/mol. The van der Waals surface area contributed by atoms with Gasteiger partial charge in [-0.2, -0.15) is 0 Å². The Hall–Kier alpha value is -0.0800. The van der Waals surface area contributed by atoms with Gasteiger partial charge in [0.25, 0.3) is 0 Å². The first-order valence-electron chi connectivity index (χ1n) is 3.93. The topological polar surface area (TPSA) is 21.3 Å². The van der Waals surface area contributed by atoms with Gasteiger partial charge in [-0.25, -0.2) is 0 Å². The molecule has 10 heavy (non-hydrogen) atoms. The molecule has 0 aromatic heterocycles. The van der Waals surface area contributed by atoms with Crippen LogP contribution in [0.2, 0.25) is 0 Å². The zero-order valence-electron chi connectivity index (χ0n) is 7.11. The standard InChI is InChI=1S/C8H17NO/c1-8(2,3)6-10-7-4-5-9-7/h7,9H,4-6H2,1-3H3/t7-/m0/s1. The quantitative estimate of drug-likeness (QED) is 0.630. The van der Waals surface area contributed by atoms with Crippen LogP contribution >= 0.6 is 0 Å². The van der Waals surface area contributed by atoms with Crippen LogP contribution in [0, 0.1) is 5.41 Å². The number of rotatable bonds is 2. The highest BCUT2D eigenvalue weighted by Crippen LogP contribution is 2.15. The molecule has 0 saturated carbocycles. The molecule has 1 rings (SSSR count). The molecule has 0 spiro atoms. The average Bonchev–Trinajstić information content (AvgIpc) is 1.56. The van der Waals surface area contributed by atoms with Crippen molar-refractivity contribution in [1.29, 1.82) is 0 Å². The van der Waals surface area contributed by atoms with E-state index in [4.69, 9.17) is 4.74 Å². The van der Waals surface area contributed by atoms with E-state index in [9.17, 15) is 0 Å². The van der Waals surface area contributed by atoms with Gasteiger partial charge in [0.15, 0.2) is 0 Å². The van der Waals surface area contributed by atoms with Crippen molar-refractivity contribution in [2.45, 2.75) is 33.4 Å². The van der Waals surface area contributed by atoms with Crippen LogP contribution in [0.1, 0.15) is 27.2 Å². The predicted molar refractivity (Wildman–Crippen MR) is 41.8 cm³/mol. The molecule has 0 aromatic carbocycles. The summed E-state index contributed by atoms with van der Waals surface area (Å²) >= 11 is 0. The highest BCUT2D eigenvalue weighted by atomic mass is 16.5. The molecule has 1 aliphatic rings. The summed E-state index contributed by atoms with van der Waals surface area (Å²) < 4.78 is 5.53. The van der Waals surface area contributed by atoms with Gasteiger partial charge in [0.1, 0.15) is 6.23 Å². The van der Waals surface area contributed by atoms with Crippen molar-refractivity contribution in [1.82, 2.24) is 5.32 Å². The van der Waals surface area contributed by atoms with Crippen LogP contribution in [0.4, 0.5) is 0 Å². The predicted octanol–water partition coefficient (Wildman–Crippen LogP) is 1.37. The van der Waals surface area contributed by atoms with Gasteiger partial charge in [-0.3, -0.25) is 5.32 Å². The molecule has 2 nitrogen and oxygen atoms in total. The van der Waals surface area contributed by atoms with E-state index in [0.29, 0.717) is 11.6 Å². The Kier molecular flexibility index (Phi) is 2.32. The van der Waals surface area contributed by atoms with Gasteiger partial charge in [0, 0.05) is 6.54 Å². The van der Waals surface area contributed by atoms with E-state index >= 15 is 0 Å². The molecule has 0 radical (unpaired) electrons. The Morgan fingerprint density at radius 3 is 2.40 bits per heavy atom. The second-order valence-electron chi connectivity index (χ2n) is 4.10. The fourth-order valence-corrected chi connectivity index (χ4v) is 0.755. The lowest BCUT2D eigenvalue weighted by molar-refractivity contribution is -0.0441. The van der Waals surface area contributed by atoms with Gasteiger partial charge in [0.05, 0.1) is 6.61 Å². The number of ether oxygens (including phenoxy) is 1. The number of nitrogens with one attached hydrogen (secondary N) is 1. The first-order valence-corrected chi connectivity index (χ1v) is 3.93. The zero-order valence-corrected chi connectivity index (χ0v) is 7.11. The Labute approximate surface area is 63.0 Å². The van der Waals surface area contributed by atoms with Crippen molar-refractivity contribution >= 4 is 0 Å². The van der Waals surface area contributed by atoms with Crippen molar-refractivity contribution in [3.8, 4) is 0 Å². The summed E-state index contributed by atoms with van der Waals surface area (Å²) in [6.07, 6.45) is 1.52. The van der Waals surface area contributed by atoms with Crippen LogP contribution in [0.3, 0.4) is 0 Å². The van der Waals surface area contributed by atoms with Crippen molar-refractivity contribution in [3.05, 3.63) is 0 Å². The summed E-state index contributed by atoms with van der Waals surface area (Å²) in [7, 11) is 0. The fraction of sp³-hybridized carbons (Fsp3) is 1.00. The van der Waals surface area contributed by atoms with Crippen LogP contribution in [0.15, 0.2) is 0 Å². The molecular formula is C8H17NO. The van der Waals surface area contributed by atoms with E-state index in [1.807, 2.05) is 0 Å². The molecule has 0 aromatic rings. The molecule has 60 valence electrons. The summed E-state index contributed by atoms with van der Waals surface area (Å²) in [5, 5.41) is 3.20. The minimum absolute atomic E-state index is 0.303.